The number of aromatic nitrogens is 1. The van der Waals surface area contributed by atoms with E-state index in [0.29, 0.717) is 6.07 Å². The summed E-state index contributed by atoms with van der Waals surface area (Å²) in [4.78, 5) is 41.7. The van der Waals surface area contributed by atoms with Gasteiger partial charge >= 0.3 is 12.1 Å². The number of aryl methyl sites for hydroxylation is 2. The number of halogens is 8. The van der Waals surface area contributed by atoms with Crippen LogP contribution < -0.4 is 10.9 Å². The summed E-state index contributed by atoms with van der Waals surface area (Å²) in [7, 11) is 0. The average Bonchev–Trinajstić information content (AvgIpc) is 3.69. The standard InChI is InChI=1S/C41H43F8N3O4/c1-6-7-25-15-28(35-22(4)13-27(42)14-23(35)5)38(44)36(37(25)43)31(17-34(54)55)50-39(56)32(12-21(2)3)52-20-29(30(16-33(52)53)41(47,48)49)24-8-10-51(11-9-24)19-26-18-40(26,45)46/h13-16,20-21,24,26,31-32H,8-12,17-19H2,1-5H3,(H,50,56)(H,54,55)/t26-,31-,32+/m1/s1. The number of carboxylic acids is 1. The highest BCUT2D eigenvalue weighted by molar-refractivity contribution is 5.82. The van der Waals surface area contributed by atoms with Crippen LogP contribution in [0.3, 0.4) is 0 Å². The molecule has 1 saturated carbocycles. The first-order valence-corrected chi connectivity index (χ1v) is 18.3. The Morgan fingerprint density at radius 1 is 1.02 bits per heavy atom. The summed E-state index contributed by atoms with van der Waals surface area (Å²) in [6.07, 6.45) is -5.10. The van der Waals surface area contributed by atoms with Gasteiger partial charge in [-0.2, -0.15) is 13.2 Å². The second-order valence-corrected chi connectivity index (χ2v) is 15.2. The third-order valence-corrected chi connectivity index (χ3v) is 10.5. The van der Waals surface area contributed by atoms with Gasteiger partial charge in [0.2, 0.25) is 5.91 Å². The minimum Gasteiger partial charge on any atom is -0.481 e. The highest BCUT2D eigenvalue weighted by atomic mass is 19.4. The lowest BCUT2D eigenvalue weighted by Gasteiger charge is -2.34. The maximum absolute atomic E-state index is 16.7. The molecule has 56 heavy (non-hydrogen) atoms. The average molecular weight is 794 g/mol. The van der Waals surface area contributed by atoms with Crippen molar-refractivity contribution in [2.75, 3.05) is 19.6 Å². The van der Waals surface area contributed by atoms with Crippen molar-refractivity contribution in [2.45, 2.75) is 96.8 Å². The zero-order valence-corrected chi connectivity index (χ0v) is 31.5. The molecule has 0 unspecified atom stereocenters. The maximum Gasteiger partial charge on any atom is 0.416 e. The molecule has 2 aromatic carbocycles. The molecule has 2 heterocycles. The summed E-state index contributed by atoms with van der Waals surface area (Å²) < 4.78 is 118. The number of hydrogen-bond donors (Lipinski definition) is 2. The molecule has 0 spiro atoms. The second kappa shape index (κ2) is 16.4. The van der Waals surface area contributed by atoms with Crippen molar-refractivity contribution < 1.29 is 49.8 Å². The van der Waals surface area contributed by atoms with Gasteiger partial charge in [0.1, 0.15) is 23.5 Å². The SMILES string of the molecule is CC#Cc1cc(-c2c(C)cc(F)cc2C)c(F)c([C@@H](CC(=O)O)NC(=O)[C@H](CC(C)C)n2cc(C3CCN(C[C@H]4CC4(F)F)CC3)c(C(F)(F)F)cc2=O)c1F. The fraction of sp³-hybridized carbons (Fsp3) is 0.488. The largest absolute Gasteiger partial charge is 0.481 e. The Morgan fingerprint density at radius 3 is 2.14 bits per heavy atom. The minimum atomic E-state index is -4.95. The van der Waals surface area contributed by atoms with E-state index in [-0.39, 0.29) is 84.6 Å². The Balaban J connectivity index is 1.57. The first-order valence-electron chi connectivity index (χ1n) is 18.3. The molecule has 1 aliphatic carbocycles. The monoisotopic (exact) mass is 793 g/mol. The van der Waals surface area contributed by atoms with Crippen LogP contribution in [0.5, 0.6) is 0 Å². The number of nitrogens with one attached hydrogen (secondary N) is 1. The molecule has 15 heteroatoms. The second-order valence-electron chi connectivity index (χ2n) is 15.2. The van der Waals surface area contributed by atoms with Crippen molar-refractivity contribution >= 4 is 11.9 Å². The Labute approximate surface area is 319 Å². The lowest BCUT2D eigenvalue weighted by atomic mass is 9.87. The Kier molecular flexibility index (Phi) is 12.4. The van der Waals surface area contributed by atoms with E-state index >= 15 is 8.78 Å². The predicted molar refractivity (Wildman–Crippen MR) is 193 cm³/mol. The Morgan fingerprint density at radius 2 is 1.62 bits per heavy atom. The number of likely N-dealkylation sites (tertiary alicyclic amines) is 1. The molecule has 1 amide bonds. The highest BCUT2D eigenvalue weighted by Crippen LogP contribution is 2.49. The van der Waals surface area contributed by atoms with E-state index < -0.39 is 88.5 Å². The minimum absolute atomic E-state index is 0.110. The van der Waals surface area contributed by atoms with Crippen LogP contribution in [-0.2, 0) is 15.8 Å². The maximum atomic E-state index is 16.7. The normalized spacial score (nSPS) is 18.3. The van der Waals surface area contributed by atoms with Crippen LogP contribution in [0.15, 0.2) is 35.3 Å². The number of piperidine rings is 1. The quantitative estimate of drug-likeness (QED) is 0.142. The number of aliphatic carboxylic acids is 1. The topological polar surface area (TPSA) is 91.6 Å². The number of hydrogen-bond acceptors (Lipinski definition) is 4. The smallest absolute Gasteiger partial charge is 0.416 e. The lowest BCUT2D eigenvalue weighted by Crippen LogP contribution is -2.41. The molecule has 2 fully saturated rings. The van der Waals surface area contributed by atoms with Gasteiger partial charge in [0.25, 0.3) is 11.5 Å². The Hall–Kier alpha value is -4.71. The van der Waals surface area contributed by atoms with Gasteiger partial charge in [0, 0.05) is 42.3 Å². The number of carboxylic acid groups (broad SMARTS) is 1. The van der Waals surface area contributed by atoms with Gasteiger partial charge < -0.3 is 19.9 Å². The number of benzene rings is 2. The van der Waals surface area contributed by atoms with Crippen LogP contribution in [0.1, 0.15) is 104 Å². The van der Waals surface area contributed by atoms with Crippen molar-refractivity contribution in [3.63, 3.8) is 0 Å². The molecule has 5 rings (SSSR count). The molecule has 2 N–H and O–H groups in total. The van der Waals surface area contributed by atoms with Crippen molar-refractivity contribution in [3.8, 4) is 23.0 Å². The molecule has 1 aromatic heterocycles. The van der Waals surface area contributed by atoms with Crippen molar-refractivity contribution in [1.82, 2.24) is 14.8 Å². The first kappa shape index (κ1) is 42.4. The first-order chi connectivity index (χ1) is 26.1. The molecular weight excluding hydrogens is 750 g/mol. The van der Waals surface area contributed by atoms with Gasteiger partial charge in [0.05, 0.1) is 23.6 Å². The highest BCUT2D eigenvalue weighted by Gasteiger charge is 2.57. The van der Waals surface area contributed by atoms with Crippen LogP contribution in [0.2, 0.25) is 0 Å². The fourth-order valence-corrected chi connectivity index (χ4v) is 7.75. The van der Waals surface area contributed by atoms with Crippen LogP contribution in [0.4, 0.5) is 35.1 Å². The van der Waals surface area contributed by atoms with E-state index in [1.807, 2.05) is 0 Å². The van der Waals surface area contributed by atoms with E-state index in [1.54, 1.807) is 18.7 Å². The predicted octanol–water partition coefficient (Wildman–Crippen LogP) is 8.69. The molecule has 1 saturated heterocycles. The van der Waals surface area contributed by atoms with Crippen molar-refractivity contribution in [3.05, 3.63) is 91.6 Å². The number of carbonyl (C=O) groups is 2. The zero-order valence-electron chi connectivity index (χ0n) is 31.5. The summed E-state index contributed by atoms with van der Waals surface area (Å²) in [5, 5.41) is 12.3. The van der Waals surface area contributed by atoms with Gasteiger partial charge in [-0.25, -0.2) is 22.0 Å². The molecule has 0 radical (unpaired) electrons. The molecule has 302 valence electrons. The molecule has 2 aliphatic rings. The molecule has 1 aliphatic heterocycles. The van der Waals surface area contributed by atoms with Gasteiger partial charge in [0.15, 0.2) is 0 Å². The van der Waals surface area contributed by atoms with Gasteiger partial charge in [-0.15, -0.1) is 5.92 Å². The van der Waals surface area contributed by atoms with Crippen molar-refractivity contribution in [2.24, 2.45) is 11.8 Å². The fourth-order valence-electron chi connectivity index (χ4n) is 7.75. The van der Waals surface area contributed by atoms with Crippen LogP contribution >= 0.6 is 0 Å². The van der Waals surface area contributed by atoms with E-state index in [1.165, 1.54) is 20.8 Å². The summed E-state index contributed by atoms with van der Waals surface area (Å²) in [6, 6.07) is 0.320. The molecule has 7 nitrogen and oxygen atoms in total. The van der Waals surface area contributed by atoms with Crippen LogP contribution in [-0.4, -0.2) is 52.0 Å². The molecule has 0 bridgehead atoms. The molecule has 3 aromatic rings. The van der Waals surface area contributed by atoms with E-state index in [2.05, 4.69) is 17.2 Å². The lowest BCUT2D eigenvalue weighted by molar-refractivity contribution is -0.139. The van der Waals surface area contributed by atoms with E-state index in [4.69, 9.17) is 0 Å². The zero-order chi connectivity index (χ0) is 41.4. The van der Waals surface area contributed by atoms with Crippen LogP contribution in [0.25, 0.3) is 11.1 Å². The number of alkyl halides is 5. The number of amides is 1. The third-order valence-electron chi connectivity index (χ3n) is 10.5. The van der Waals surface area contributed by atoms with E-state index in [0.717, 1.165) is 29.0 Å². The van der Waals surface area contributed by atoms with Crippen molar-refractivity contribution in [1.29, 1.82) is 0 Å². The Bertz CT molecular complexity index is 2100. The number of nitrogens with zero attached hydrogens (tertiary/aromatic N) is 2. The summed E-state index contributed by atoms with van der Waals surface area (Å²) in [5.41, 5.74) is -3.36. The van der Waals surface area contributed by atoms with Gasteiger partial charge in [-0.3, -0.25) is 14.4 Å². The van der Waals surface area contributed by atoms with E-state index in [9.17, 15) is 45.8 Å². The summed E-state index contributed by atoms with van der Waals surface area (Å²) in [6.45, 7) is 8.32. The summed E-state index contributed by atoms with van der Waals surface area (Å²) in [5.74, 6) is -5.42. The third kappa shape index (κ3) is 9.28. The molecule has 3 atom stereocenters. The molecular formula is C41H43F8N3O4. The number of carbonyl (C=O) groups excluding carboxylic acids is 1. The summed E-state index contributed by atoms with van der Waals surface area (Å²) >= 11 is 0. The number of pyridine rings is 1. The number of rotatable bonds is 12. The van der Waals surface area contributed by atoms with Gasteiger partial charge in [-0.05, 0) is 105 Å². The van der Waals surface area contributed by atoms with Crippen LogP contribution in [0, 0.1) is 55.0 Å². The van der Waals surface area contributed by atoms with Gasteiger partial charge in [-0.1, -0.05) is 19.8 Å².